The van der Waals surface area contributed by atoms with Crippen molar-refractivity contribution in [3.63, 3.8) is 0 Å². The molecule has 0 bridgehead atoms. The van der Waals surface area contributed by atoms with Gasteiger partial charge in [0.25, 0.3) is 5.91 Å². The molecule has 0 spiro atoms. The van der Waals surface area contributed by atoms with Gasteiger partial charge in [0.1, 0.15) is 17.1 Å². The zero-order valence-electron chi connectivity index (χ0n) is 17.9. The van der Waals surface area contributed by atoms with E-state index in [0.717, 1.165) is 41.1 Å². The van der Waals surface area contributed by atoms with E-state index in [9.17, 15) is 4.79 Å². The number of rotatable bonds is 5. The number of aromatic nitrogens is 1. The Morgan fingerprint density at radius 3 is 2.63 bits per heavy atom. The van der Waals surface area contributed by atoms with Crippen molar-refractivity contribution in [1.29, 1.82) is 0 Å². The third-order valence-corrected chi connectivity index (χ3v) is 5.52. The Morgan fingerprint density at radius 2 is 1.87 bits per heavy atom. The number of anilines is 2. The van der Waals surface area contributed by atoms with Crippen LogP contribution in [-0.4, -0.2) is 30.6 Å². The summed E-state index contributed by atoms with van der Waals surface area (Å²) in [6, 6.07) is 17.7. The monoisotopic (exact) mass is 403 g/mol. The van der Waals surface area contributed by atoms with Crippen molar-refractivity contribution >= 4 is 28.3 Å². The van der Waals surface area contributed by atoms with Gasteiger partial charge in [0.05, 0.1) is 0 Å². The predicted molar refractivity (Wildman–Crippen MR) is 122 cm³/mol. The molecule has 1 aliphatic rings. The molecule has 2 atom stereocenters. The molecule has 1 amide bonds. The van der Waals surface area contributed by atoms with Crippen LogP contribution in [0.25, 0.3) is 10.9 Å². The van der Waals surface area contributed by atoms with Gasteiger partial charge in [-0.3, -0.25) is 4.79 Å². The number of benzene rings is 2. The number of hydrogen-bond donors (Lipinski definition) is 1. The molecule has 2 aromatic carbocycles. The van der Waals surface area contributed by atoms with Crippen molar-refractivity contribution in [1.82, 2.24) is 4.98 Å². The van der Waals surface area contributed by atoms with Crippen molar-refractivity contribution in [2.45, 2.75) is 27.2 Å². The van der Waals surface area contributed by atoms with Crippen molar-refractivity contribution < 1.29 is 9.53 Å². The van der Waals surface area contributed by atoms with Crippen LogP contribution in [-0.2, 0) is 4.79 Å². The van der Waals surface area contributed by atoms with E-state index in [1.165, 1.54) is 6.42 Å². The number of pyridine rings is 1. The summed E-state index contributed by atoms with van der Waals surface area (Å²) in [5.74, 6) is 2.73. The van der Waals surface area contributed by atoms with E-state index >= 15 is 0 Å². The molecule has 156 valence electrons. The minimum Gasteiger partial charge on any atom is -0.481 e. The second kappa shape index (κ2) is 8.74. The number of nitrogens with one attached hydrogen (secondary N) is 1. The molecule has 0 aliphatic carbocycles. The van der Waals surface area contributed by atoms with Crippen molar-refractivity contribution in [2.24, 2.45) is 11.8 Å². The Kier molecular flexibility index (Phi) is 5.88. The largest absolute Gasteiger partial charge is 0.481 e. The van der Waals surface area contributed by atoms with Crippen LogP contribution in [0.2, 0.25) is 0 Å². The van der Waals surface area contributed by atoms with Gasteiger partial charge in [-0.25, -0.2) is 4.98 Å². The molecule has 1 saturated heterocycles. The Balaban J connectivity index is 1.50. The molecule has 5 nitrogen and oxygen atoms in total. The highest BCUT2D eigenvalue weighted by Crippen LogP contribution is 2.29. The highest BCUT2D eigenvalue weighted by atomic mass is 16.5. The maximum atomic E-state index is 12.4. The molecule has 3 aromatic rings. The summed E-state index contributed by atoms with van der Waals surface area (Å²) in [6.45, 7) is 8.57. The lowest BCUT2D eigenvalue weighted by molar-refractivity contribution is -0.118. The Labute approximate surface area is 178 Å². The van der Waals surface area contributed by atoms with Crippen molar-refractivity contribution in [3.05, 3.63) is 60.2 Å². The zero-order valence-corrected chi connectivity index (χ0v) is 17.9. The van der Waals surface area contributed by atoms with Gasteiger partial charge in [-0.2, -0.15) is 0 Å². The molecule has 0 radical (unpaired) electrons. The van der Waals surface area contributed by atoms with Gasteiger partial charge in [0, 0.05) is 24.2 Å². The van der Waals surface area contributed by atoms with Crippen LogP contribution in [0.15, 0.2) is 54.6 Å². The topological polar surface area (TPSA) is 54.5 Å². The Morgan fingerprint density at radius 1 is 1.10 bits per heavy atom. The van der Waals surface area contributed by atoms with E-state index in [1.54, 1.807) is 0 Å². The fraction of sp³-hybridized carbons (Fsp3) is 0.360. The second-order valence-electron chi connectivity index (χ2n) is 8.55. The number of aryl methyl sites for hydroxylation is 1. The van der Waals surface area contributed by atoms with Gasteiger partial charge >= 0.3 is 0 Å². The molecule has 1 fully saturated rings. The molecule has 4 rings (SSSR count). The normalized spacial score (nSPS) is 19.0. The van der Waals surface area contributed by atoms with Gasteiger partial charge in [-0.1, -0.05) is 38.1 Å². The molecular formula is C25H29N3O2. The fourth-order valence-electron chi connectivity index (χ4n) is 4.32. The average Bonchev–Trinajstić information content (AvgIpc) is 2.71. The number of para-hydroxylation sites is 1. The first-order chi connectivity index (χ1) is 14.5. The summed E-state index contributed by atoms with van der Waals surface area (Å²) in [7, 11) is 0. The molecule has 1 aliphatic heterocycles. The number of hydrogen-bond acceptors (Lipinski definition) is 4. The maximum absolute atomic E-state index is 12.4. The number of nitrogens with zero attached hydrogens (tertiary/aromatic N) is 2. The summed E-state index contributed by atoms with van der Waals surface area (Å²) in [5, 5.41) is 3.89. The van der Waals surface area contributed by atoms with E-state index in [2.05, 4.69) is 36.2 Å². The number of ether oxygens (including phenoxy) is 1. The maximum Gasteiger partial charge on any atom is 0.262 e. The smallest absolute Gasteiger partial charge is 0.262 e. The molecule has 1 N–H and O–H groups in total. The van der Waals surface area contributed by atoms with E-state index in [1.807, 2.05) is 49.4 Å². The highest BCUT2D eigenvalue weighted by Gasteiger charge is 2.23. The number of amides is 1. The molecular weight excluding hydrogens is 374 g/mol. The first-order valence-corrected chi connectivity index (χ1v) is 10.6. The molecule has 1 aromatic heterocycles. The number of piperidine rings is 1. The van der Waals surface area contributed by atoms with E-state index in [-0.39, 0.29) is 12.5 Å². The van der Waals surface area contributed by atoms with E-state index in [0.29, 0.717) is 17.6 Å². The summed E-state index contributed by atoms with van der Waals surface area (Å²) >= 11 is 0. The van der Waals surface area contributed by atoms with Crippen LogP contribution < -0.4 is 15.0 Å². The van der Waals surface area contributed by atoms with Crippen LogP contribution in [0.1, 0.15) is 25.8 Å². The third-order valence-electron chi connectivity index (χ3n) is 5.52. The summed E-state index contributed by atoms with van der Waals surface area (Å²) in [6.07, 6.45) is 1.26. The van der Waals surface area contributed by atoms with Gasteiger partial charge in [-0.05, 0) is 61.1 Å². The quantitative estimate of drug-likeness (QED) is 0.648. The van der Waals surface area contributed by atoms with Crippen LogP contribution in [0.3, 0.4) is 0 Å². The van der Waals surface area contributed by atoms with Gasteiger partial charge < -0.3 is 15.0 Å². The summed E-state index contributed by atoms with van der Waals surface area (Å²) < 4.78 is 5.88. The fourth-order valence-corrected chi connectivity index (χ4v) is 4.32. The SMILES string of the molecule is Cc1cccc(NC(=O)COc2cccc3ccc(N4CC(C)CC(C)C4)nc23)c1. The molecule has 2 heterocycles. The first-order valence-electron chi connectivity index (χ1n) is 10.6. The Hall–Kier alpha value is -3.08. The van der Waals surface area contributed by atoms with Gasteiger partial charge in [0.15, 0.2) is 6.61 Å². The van der Waals surface area contributed by atoms with Gasteiger partial charge in [0.2, 0.25) is 0 Å². The molecule has 2 unspecified atom stereocenters. The minimum absolute atomic E-state index is 0.0588. The Bertz CT molecular complexity index is 1040. The summed E-state index contributed by atoms with van der Waals surface area (Å²) in [5.41, 5.74) is 2.67. The van der Waals surface area contributed by atoms with Crippen molar-refractivity contribution in [2.75, 3.05) is 29.9 Å². The van der Waals surface area contributed by atoms with E-state index < -0.39 is 0 Å². The number of carbonyl (C=O) groups is 1. The number of fused-ring (bicyclic) bond motifs is 1. The van der Waals surface area contributed by atoms with Crippen LogP contribution in [0.5, 0.6) is 5.75 Å². The molecule has 0 saturated carbocycles. The van der Waals surface area contributed by atoms with Crippen LogP contribution in [0.4, 0.5) is 11.5 Å². The highest BCUT2D eigenvalue weighted by molar-refractivity contribution is 5.92. The lowest BCUT2D eigenvalue weighted by atomic mass is 9.92. The number of carbonyl (C=O) groups excluding carboxylic acids is 1. The van der Waals surface area contributed by atoms with E-state index in [4.69, 9.17) is 9.72 Å². The molecule has 30 heavy (non-hydrogen) atoms. The van der Waals surface area contributed by atoms with Crippen LogP contribution >= 0.6 is 0 Å². The summed E-state index contributed by atoms with van der Waals surface area (Å²) in [4.78, 5) is 19.6. The van der Waals surface area contributed by atoms with Crippen LogP contribution in [0, 0.1) is 18.8 Å². The lowest BCUT2D eigenvalue weighted by Gasteiger charge is -2.35. The lowest BCUT2D eigenvalue weighted by Crippen LogP contribution is -2.39. The third kappa shape index (κ3) is 4.73. The first kappa shape index (κ1) is 20.2. The van der Waals surface area contributed by atoms with Gasteiger partial charge in [-0.15, -0.1) is 0 Å². The van der Waals surface area contributed by atoms with Crippen molar-refractivity contribution in [3.8, 4) is 5.75 Å². The minimum atomic E-state index is -0.188. The second-order valence-corrected chi connectivity index (χ2v) is 8.55. The average molecular weight is 404 g/mol. The zero-order chi connectivity index (χ0) is 21.1. The molecule has 5 heteroatoms. The predicted octanol–water partition coefficient (Wildman–Crippen LogP) is 5.04. The standard InChI is InChI=1S/C25H29N3O2/c1-17-6-4-8-21(13-17)26-24(29)16-30-22-9-5-7-20-10-11-23(27-25(20)22)28-14-18(2)12-19(3)15-28/h4-11,13,18-19H,12,14-16H2,1-3H3,(H,26,29).